The van der Waals surface area contributed by atoms with Crippen LogP contribution in [-0.2, 0) is 0 Å². The van der Waals surface area contributed by atoms with Gasteiger partial charge in [0.25, 0.3) is 5.56 Å². The molecule has 9 nitrogen and oxygen atoms in total. The van der Waals surface area contributed by atoms with E-state index in [-0.39, 0.29) is 21.6 Å². The molecule has 0 aliphatic heterocycles. The standard InChI is InChI=1S/C22H15N5O4S/c1-31-17-11-5-4-10-16(17)26-21(28)14-8-2-3-9-15(14)23-22(26)32-19-20(27(29)30)25-13-7-6-12-18(25)24-19/h2-13H,1H3. The van der Waals surface area contributed by atoms with Crippen LogP contribution < -0.4 is 10.3 Å². The van der Waals surface area contributed by atoms with Gasteiger partial charge < -0.3 is 14.9 Å². The van der Waals surface area contributed by atoms with Crippen molar-refractivity contribution >= 4 is 34.1 Å². The van der Waals surface area contributed by atoms with Crippen molar-refractivity contribution < 1.29 is 9.66 Å². The van der Waals surface area contributed by atoms with Crippen molar-refractivity contribution in [1.29, 1.82) is 0 Å². The van der Waals surface area contributed by atoms with E-state index in [4.69, 9.17) is 4.74 Å². The lowest BCUT2D eigenvalue weighted by atomic mass is 10.2. The van der Waals surface area contributed by atoms with Crippen molar-refractivity contribution in [2.24, 2.45) is 0 Å². The number of pyridine rings is 1. The van der Waals surface area contributed by atoms with E-state index in [2.05, 4.69) is 9.97 Å². The number of nitrogens with zero attached hydrogens (tertiary/aromatic N) is 5. The molecular weight excluding hydrogens is 430 g/mol. The number of hydrogen-bond donors (Lipinski definition) is 0. The van der Waals surface area contributed by atoms with Crippen LogP contribution in [0.4, 0.5) is 5.82 Å². The van der Waals surface area contributed by atoms with E-state index < -0.39 is 4.92 Å². The first kappa shape index (κ1) is 19.8. The lowest BCUT2D eigenvalue weighted by Crippen LogP contribution is -2.22. The Kier molecular flexibility index (Phi) is 4.83. The Labute approximate surface area is 185 Å². The van der Waals surface area contributed by atoms with Gasteiger partial charge in [-0.1, -0.05) is 30.3 Å². The van der Waals surface area contributed by atoms with Gasteiger partial charge in [0.1, 0.15) is 5.75 Å². The van der Waals surface area contributed by atoms with E-state index in [0.29, 0.717) is 28.0 Å². The van der Waals surface area contributed by atoms with Crippen molar-refractivity contribution in [2.75, 3.05) is 7.11 Å². The molecule has 5 aromatic rings. The van der Waals surface area contributed by atoms with Crippen LogP contribution >= 0.6 is 11.8 Å². The molecule has 0 bridgehead atoms. The van der Waals surface area contributed by atoms with Gasteiger partial charge in [-0.2, -0.15) is 9.38 Å². The number of ether oxygens (including phenoxy) is 1. The van der Waals surface area contributed by atoms with Crippen LogP contribution in [-0.4, -0.2) is 31.0 Å². The van der Waals surface area contributed by atoms with Crippen molar-refractivity contribution in [1.82, 2.24) is 18.9 Å². The van der Waals surface area contributed by atoms with E-state index in [9.17, 15) is 14.9 Å². The summed E-state index contributed by atoms with van der Waals surface area (Å²) in [5.74, 6) is 0.276. The van der Waals surface area contributed by atoms with E-state index in [1.54, 1.807) is 72.9 Å². The highest BCUT2D eigenvalue weighted by Crippen LogP contribution is 2.36. The summed E-state index contributed by atoms with van der Waals surface area (Å²) < 4.78 is 8.26. The summed E-state index contributed by atoms with van der Waals surface area (Å²) >= 11 is 0.961. The number of aromatic nitrogens is 4. The molecule has 3 aromatic heterocycles. The highest BCUT2D eigenvalue weighted by Gasteiger charge is 2.26. The molecule has 158 valence electrons. The molecule has 0 radical (unpaired) electrons. The first-order valence-corrected chi connectivity index (χ1v) is 10.3. The Balaban J connectivity index is 1.80. The van der Waals surface area contributed by atoms with Crippen molar-refractivity contribution in [3.8, 4) is 11.4 Å². The maximum Gasteiger partial charge on any atom is 0.362 e. The number of imidazole rings is 1. The topological polar surface area (TPSA) is 105 Å². The molecule has 10 heteroatoms. The lowest BCUT2D eigenvalue weighted by Gasteiger charge is -2.15. The summed E-state index contributed by atoms with van der Waals surface area (Å²) in [6, 6.07) is 19.1. The third-order valence-electron chi connectivity index (χ3n) is 4.91. The zero-order chi connectivity index (χ0) is 22.2. The maximum absolute atomic E-state index is 13.5. The fraction of sp³-hybridized carbons (Fsp3) is 0.0455. The van der Waals surface area contributed by atoms with Crippen LogP contribution in [0.5, 0.6) is 5.75 Å². The van der Waals surface area contributed by atoms with E-state index in [0.717, 1.165) is 11.8 Å². The van der Waals surface area contributed by atoms with Gasteiger partial charge in [-0.25, -0.2) is 4.98 Å². The van der Waals surface area contributed by atoms with E-state index >= 15 is 0 Å². The molecule has 32 heavy (non-hydrogen) atoms. The Morgan fingerprint density at radius 1 is 1.00 bits per heavy atom. The first-order valence-electron chi connectivity index (χ1n) is 9.53. The first-order chi connectivity index (χ1) is 15.6. The minimum Gasteiger partial charge on any atom is -0.495 e. The summed E-state index contributed by atoms with van der Waals surface area (Å²) in [7, 11) is 1.51. The predicted octanol–water partition coefficient (Wildman–Crippen LogP) is 4.10. The second-order valence-corrected chi connectivity index (χ2v) is 7.71. The molecule has 0 saturated carbocycles. The minimum absolute atomic E-state index is 0.132. The number of benzene rings is 2. The lowest BCUT2D eigenvalue weighted by molar-refractivity contribution is -0.393. The van der Waals surface area contributed by atoms with Gasteiger partial charge in [0.15, 0.2) is 5.16 Å². The number of rotatable bonds is 5. The molecule has 0 aliphatic carbocycles. The number of fused-ring (bicyclic) bond motifs is 2. The average molecular weight is 445 g/mol. The fourth-order valence-corrected chi connectivity index (χ4v) is 4.48. The molecule has 0 saturated heterocycles. The van der Waals surface area contributed by atoms with Crippen molar-refractivity contribution in [3.05, 3.63) is 93.4 Å². The summed E-state index contributed by atoms with van der Waals surface area (Å²) in [6.07, 6.45) is 1.58. The molecular formula is C22H15N5O4S. The Bertz CT molecular complexity index is 1560. The SMILES string of the molecule is COc1ccccc1-n1c(Sc2nc3ccccn3c2[N+](=O)[O-])nc2ccccc2c1=O. The van der Waals surface area contributed by atoms with Crippen molar-refractivity contribution in [2.45, 2.75) is 10.2 Å². The molecule has 5 rings (SSSR count). The van der Waals surface area contributed by atoms with Crippen LogP contribution in [0.2, 0.25) is 0 Å². The van der Waals surface area contributed by atoms with Crippen molar-refractivity contribution in [3.63, 3.8) is 0 Å². The highest BCUT2D eigenvalue weighted by molar-refractivity contribution is 7.99. The quantitative estimate of drug-likeness (QED) is 0.228. The Morgan fingerprint density at radius 2 is 1.75 bits per heavy atom. The molecule has 0 spiro atoms. The fourth-order valence-electron chi connectivity index (χ4n) is 3.49. The molecule has 0 N–H and O–H groups in total. The van der Waals surface area contributed by atoms with Gasteiger partial charge in [0.05, 0.1) is 29.9 Å². The summed E-state index contributed by atoms with van der Waals surface area (Å²) in [4.78, 5) is 33.9. The highest BCUT2D eigenvalue weighted by atomic mass is 32.2. The number of hydrogen-bond acceptors (Lipinski definition) is 7. The minimum atomic E-state index is -0.491. The average Bonchev–Trinajstić information content (AvgIpc) is 3.17. The van der Waals surface area contributed by atoms with Gasteiger partial charge in [-0.3, -0.25) is 9.36 Å². The second-order valence-electron chi connectivity index (χ2n) is 6.75. The molecule has 0 aliphatic rings. The third kappa shape index (κ3) is 3.17. The zero-order valence-corrected chi connectivity index (χ0v) is 17.5. The Hall–Kier alpha value is -4.18. The molecule has 0 amide bonds. The molecule has 2 aromatic carbocycles. The van der Waals surface area contributed by atoms with Gasteiger partial charge >= 0.3 is 5.82 Å². The predicted molar refractivity (Wildman–Crippen MR) is 120 cm³/mol. The van der Waals surface area contributed by atoms with Crippen LogP contribution in [0.3, 0.4) is 0 Å². The summed E-state index contributed by atoms with van der Waals surface area (Å²) in [5.41, 5.74) is 1.08. The van der Waals surface area contributed by atoms with Gasteiger partial charge in [0.2, 0.25) is 10.7 Å². The number of para-hydroxylation sites is 3. The van der Waals surface area contributed by atoms with Crippen LogP contribution in [0.1, 0.15) is 0 Å². The Morgan fingerprint density at radius 3 is 2.56 bits per heavy atom. The number of nitro groups is 1. The summed E-state index contributed by atoms with van der Waals surface area (Å²) in [5, 5.41) is 12.6. The van der Waals surface area contributed by atoms with E-state index in [1.807, 2.05) is 0 Å². The largest absolute Gasteiger partial charge is 0.495 e. The van der Waals surface area contributed by atoms with Gasteiger partial charge in [-0.05, 0) is 47.0 Å². The normalized spacial score (nSPS) is 11.2. The maximum atomic E-state index is 13.5. The van der Waals surface area contributed by atoms with E-state index in [1.165, 1.54) is 16.1 Å². The smallest absolute Gasteiger partial charge is 0.362 e. The third-order valence-corrected chi connectivity index (χ3v) is 5.83. The zero-order valence-electron chi connectivity index (χ0n) is 16.7. The van der Waals surface area contributed by atoms with Crippen LogP contribution in [0.15, 0.2) is 87.9 Å². The monoisotopic (exact) mass is 445 g/mol. The number of methoxy groups -OCH3 is 1. The van der Waals surface area contributed by atoms with Gasteiger partial charge in [-0.15, -0.1) is 0 Å². The van der Waals surface area contributed by atoms with Crippen LogP contribution in [0, 0.1) is 10.1 Å². The molecule has 0 atom stereocenters. The second kappa shape index (κ2) is 7.82. The molecule has 3 heterocycles. The summed E-state index contributed by atoms with van der Waals surface area (Å²) in [6.45, 7) is 0. The van der Waals surface area contributed by atoms with Gasteiger partial charge in [0, 0.05) is 6.07 Å². The molecule has 0 fully saturated rings. The van der Waals surface area contributed by atoms with Crippen LogP contribution in [0.25, 0.3) is 22.2 Å². The molecule has 0 unspecified atom stereocenters.